The molecule has 4 N–H and O–H groups in total. The third-order valence-corrected chi connectivity index (χ3v) is 4.02. The van der Waals surface area contributed by atoms with E-state index in [-0.39, 0.29) is 17.3 Å². The number of nitrogens with zero attached hydrogens (tertiary/aromatic N) is 2. The van der Waals surface area contributed by atoms with Gasteiger partial charge in [-0.3, -0.25) is 4.79 Å². The SMILES string of the molecule is CCC(C(=O)NCC1(N(C)C)CCC1)C(N)=NO. The zero-order valence-electron chi connectivity index (χ0n) is 11.4. The lowest BCUT2D eigenvalue weighted by molar-refractivity contribution is -0.124. The second-order valence-corrected chi connectivity index (χ2v) is 5.18. The molecule has 1 saturated carbocycles. The normalized spacial score (nSPS) is 20.3. The molecule has 18 heavy (non-hydrogen) atoms. The summed E-state index contributed by atoms with van der Waals surface area (Å²) >= 11 is 0. The number of hydrogen-bond donors (Lipinski definition) is 3. The summed E-state index contributed by atoms with van der Waals surface area (Å²) in [6.45, 7) is 2.46. The summed E-state index contributed by atoms with van der Waals surface area (Å²) in [5, 5.41) is 14.5. The number of amides is 1. The van der Waals surface area contributed by atoms with Gasteiger partial charge in [0.2, 0.25) is 5.91 Å². The average Bonchev–Trinajstić information content (AvgIpc) is 2.27. The number of hydrogen-bond acceptors (Lipinski definition) is 4. The van der Waals surface area contributed by atoms with E-state index in [1.165, 1.54) is 6.42 Å². The first-order chi connectivity index (χ1) is 8.46. The number of amidine groups is 1. The quantitative estimate of drug-likeness (QED) is 0.277. The Kier molecular flexibility index (Phi) is 4.95. The van der Waals surface area contributed by atoms with Crippen molar-refractivity contribution in [1.29, 1.82) is 0 Å². The molecule has 1 aliphatic rings. The van der Waals surface area contributed by atoms with Crippen LogP contribution in [0.4, 0.5) is 0 Å². The molecular weight excluding hydrogens is 232 g/mol. The van der Waals surface area contributed by atoms with Gasteiger partial charge in [-0.1, -0.05) is 12.1 Å². The van der Waals surface area contributed by atoms with E-state index in [0.717, 1.165) is 12.8 Å². The van der Waals surface area contributed by atoms with Gasteiger partial charge in [-0.25, -0.2) is 0 Å². The molecule has 1 fully saturated rings. The van der Waals surface area contributed by atoms with Gasteiger partial charge in [0, 0.05) is 12.1 Å². The van der Waals surface area contributed by atoms with Crippen LogP contribution >= 0.6 is 0 Å². The Morgan fingerprint density at radius 3 is 2.50 bits per heavy atom. The fraction of sp³-hybridized carbons (Fsp3) is 0.833. The zero-order valence-corrected chi connectivity index (χ0v) is 11.4. The van der Waals surface area contributed by atoms with Gasteiger partial charge in [0.15, 0.2) is 5.84 Å². The molecule has 0 aromatic rings. The van der Waals surface area contributed by atoms with E-state index in [1.807, 2.05) is 21.0 Å². The van der Waals surface area contributed by atoms with Crippen LogP contribution < -0.4 is 11.1 Å². The Bertz CT molecular complexity index is 324. The largest absolute Gasteiger partial charge is 0.409 e. The number of rotatable bonds is 6. The molecule has 0 spiro atoms. The predicted octanol–water partition coefficient (Wildman–Crippen LogP) is 0.360. The maximum Gasteiger partial charge on any atom is 0.230 e. The van der Waals surface area contributed by atoms with Gasteiger partial charge in [0.05, 0.1) is 5.92 Å². The van der Waals surface area contributed by atoms with Crippen molar-refractivity contribution < 1.29 is 10.0 Å². The monoisotopic (exact) mass is 256 g/mol. The zero-order chi connectivity index (χ0) is 13.8. The number of oxime groups is 1. The van der Waals surface area contributed by atoms with Crippen molar-refractivity contribution in [3.8, 4) is 0 Å². The standard InChI is InChI=1S/C12H24N4O2/c1-4-9(10(13)15-18)11(17)14-8-12(16(2)3)6-5-7-12/h9,18H,4-8H2,1-3H3,(H2,13,15)(H,14,17). The highest BCUT2D eigenvalue weighted by molar-refractivity contribution is 6.02. The van der Waals surface area contributed by atoms with Crippen LogP contribution in [0.15, 0.2) is 5.16 Å². The molecule has 0 bridgehead atoms. The van der Waals surface area contributed by atoms with Gasteiger partial charge in [-0.2, -0.15) is 0 Å². The number of carbonyl (C=O) groups is 1. The summed E-state index contributed by atoms with van der Waals surface area (Å²) in [4.78, 5) is 14.2. The first-order valence-electron chi connectivity index (χ1n) is 6.39. The van der Waals surface area contributed by atoms with Crippen molar-refractivity contribution in [3.63, 3.8) is 0 Å². The average molecular weight is 256 g/mol. The number of carbonyl (C=O) groups excluding carboxylic acids is 1. The maximum absolute atomic E-state index is 12.0. The molecule has 1 aliphatic carbocycles. The summed E-state index contributed by atoms with van der Waals surface area (Å²) in [7, 11) is 4.07. The number of nitrogens with one attached hydrogen (secondary N) is 1. The minimum atomic E-state index is -0.547. The van der Waals surface area contributed by atoms with Crippen molar-refractivity contribution in [2.45, 2.75) is 38.1 Å². The summed E-state index contributed by atoms with van der Waals surface area (Å²) in [5.74, 6) is -0.738. The van der Waals surface area contributed by atoms with Crippen molar-refractivity contribution >= 4 is 11.7 Å². The summed E-state index contributed by atoms with van der Waals surface area (Å²) in [6, 6.07) is 0. The Morgan fingerprint density at radius 2 is 2.17 bits per heavy atom. The van der Waals surface area contributed by atoms with E-state index < -0.39 is 5.92 Å². The van der Waals surface area contributed by atoms with E-state index in [0.29, 0.717) is 13.0 Å². The Hall–Kier alpha value is -1.30. The van der Waals surface area contributed by atoms with Crippen LogP contribution in [0.5, 0.6) is 0 Å². The van der Waals surface area contributed by atoms with Crippen LogP contribution in [0.1, 0.15) is 32.6 Å². The molecule has 0 radical (unpaired) electrons. The van der Waals surface area contributed by atoms with Crippen molar-refractivity contribution in [2.24, 2.45) is 16.8 Å². The van der Waals surface area contributed by atoms with E-state index in [1.54, 1.807) is 0 Å². The van der Waals surface area contributed by atoms with E-state index in [4.69, 9.17) is 10.9 Å². The molecule has 0 heterocycles. The molecule has 6 heteroatoms. The third-order valence-electron chi connectivity index (χ3n) is 4.02. The number of nitrogens with two attached hydrogens (primary N) is 1. The second kappa shape index (κ2) is 6.04. The first kappa shape index (κ1) is 14.8. The molecule has 104 valence electrons. The lowest BCUT2D eigenvalue weighted by atomic mass is 9.75. The van der Waals surface area contributed by atoms with Gasteiger partial charge in [-0.15, -0.1) is 0 Å². The highest BCUT2D eigenvalue weighted by Gasteiger charge is 2.39. The van der Waals surface area contributed by atoms with Crippen molar-refractivity contribution in [2.75, 3.05) is 20.6 Å². The summed E-state index contributed by atoms with van der Waals surface area (Å²) < 4.78 is 0. The highest BCUT2D eigenvalue weighted by Crippen LogP contribution is 2.35. The summed E-state index contributed by atoms with van der Waals surface area (Å²) in [5.41, 5.74) is 5.59. The van der Waals surface area contributed by atoms with Gasteiger partial charge in [0.1, 0.15) is 0 Å². The highest BCUT2D eigenvalue weighted by atomic mass is 16.4. The molecule has 0 aromatic carbocycles. The van der Waals surface area contributed by atoms with Crippen LogP contribution in [-0.2, 0) is 4.79 Å². The molecule has 1 unspecified atom stereocenters. The molecule has 0 aliphatic heterocycles. The smallest absolute Gasteiger partial charge is 0.230 e. The Morgan fingerprint density at radius 1 is 1.56 bits per heavy atom. The van der Waals surface area contributed by atoms with E-state index in [9.17, 15) is 4.79 Å². The molecular formula is C12H24N4O2. The lowest BCUT2D eigenvalue weighted by Crippen LogP contribution is -2.58. The molecule has 0 aromatic heterocycles. The maximum atomic E-state index is 12.0. The number of likely N-dealkylation sites (N-methyl/N-ethyl adjacent to an activating group) is 1. The molecule has 1 amide bonds. The molecule has 1 atom stereocenters. The summed E-state index contributed by atoms with van der Waals surface area (Å²) in [6.07, 6.45) is 3.92. The van der Waals surface area contributed by atoms with Gasteiger partial charge in [-0.05, 0) is 39.8 Å². The predicted molar refractivity (Wildman–Crippen MR) is 70.5 cm³/mol. The van der Waals surface area contributed by atoms with Crippen molar-refractivity contribution in [1.82, 2.24) is 10.2 Å². The van der Waals surface area contributed by atoms with Crippen LogP contribution in [0.2, 0.25) is 0 Å². The molecule has 0 saturated heterocycles. The fourth-order valence-corrected chi connectivity index (χ4v) is 2.34. The third kappa shape index (κ3) is 2.93. The van der Waals surface area contributed by atoms with E-state index in [2.05, 4.69) is 15.4 Å². The van der Waals surface area contributed by atoms with Crippen LogP contribution in [0.25, 0.3) is 0 Å². The fourth-order valence-electron chi connectivity index (χ4n) is 2.34. The Labute approximate surface area is 108 Å². The topological polar surface area (TPSA) is 91.0 Å². The van der Waals surface area contributed by atoms with Crippen LogP contribution in [0.3, 0.4) is 0 Å². The van der Waals surface area contributed by atoms with Crippen molar-refractivity contribution in [3.05, 3.63) is 0 Å². The Balaban J connectivity index is 2.54. The van der Waals surface area contributed by atoms with Gasteiger partial charge < -0.3 is 21.2 Å². The van der Waals surface area contributed by atoms with Crippen LogP contribution in [-0.4, -0.2) is 48.0 Å². The van der Waals surface area contributed by atoms with Crippen LogP contribution in [0, 0.1) is 5.92 Å². The lowest BCUT2D eigenvalue weighted by Gasteiger charge is -2.47. The van der Waals surface area contributed by atoms with Gasteiger partial charge >= 0.3 is 0 Å². The van der Waals surface area contributed by atoms with Gasteiger partial charge in [0.25, 0.3) is 0 Å². The minimum Gasteiger partial charge on any atom is -0.409 e. The first-order valence-corrected chi connectivity index (χ1v) is 6.39. The van der Waals surface area contributed by atoms with E-state index >= 15 is 0 Å². The minimum absolute atomic E-state index is 0.0255. The molecule has 6 nitrogen and oxygen atoms in total. The molecule has 1 rings (SSSR count). The second-order valence-electron chi connectivity index (χ2n) is 5.18.